The highest BCUT2D eigenvalue weighted by Crippen LogP contribution is 2.16. The van der Waals surface area contributed by atoms with Gasteiger partial charge in [0.1, 0.15) is 9.22 Å². The zero-order chi connectivity index (χ0) is 8.97. The van der Waals surface area contributed by atoms with Gasteiger partial charge in [-0.2, -0.15) is 0 Å². The maximum absolute atomic E-state index is 10.8. The van der Waals surface area contributed by atoms with Crippen LogP contribution in [0.1, 0.15) is 6.92 Å². The number of aromatic nitrogens is 1. The zero-order valence-corrected chi connectivity index (χ0v) is 8.11. The maximum atomic E-state index is 10.8. The summed E-state index contributed by atoms with van der Waals surface area (Å²) in [5, 5.41) is 0.762. The number of thioether (sulfide) groups is 1. The van der Waals surface area contributed by atoms with Gasteiger partial charge < -0.3 is 0 Å². The van der Waals surface area contributed by atoms with Crippen molar-refractivity contribution in [3.63, 3.8) is 0 Å². The van der Waals surface area contributed by atoms with Crippen molar-refractivity contribution >= 4 is 34.0 Å². The van der Waals surface area contributed by atoms with Crippen molar-refractivity contribution in [2.45, 2.75) is 11.9 Å². The predicted molar refractivity (Wildman–Crippen MR) is 53.4 cm³/mol. The molecule has 1 heterocycles. The molecule has 0 amide bonds. The molecule has 0 bridgehead atoms. The number of nitrogens with zero attached hydrogens (tertiary/aromatic N) is 1. The lowest BCUT2D eigenvalue weighted by atomic mass is 10.5. The van der Waals surface area contributed by atoms with Crippen LogP contribution in [-0.2, 0) is 4.79 Å². The van der Waals surface area contributed by atoms with Crippen molar-refractivity contribution in [1.29, 1.82) is 0 Å². The third-order valence-electron chi connectivity index (χ3n) is 1.12. The number of carbonyl (C=O) groups excluding carboxylic acids is 1. The van der Waals surface area contributed by atoms with Gasteiger partial charge in [-0.1, -0.05) is 30.0 Å². The van der Waals surface area contributed by atoms with Gasteiger partial charge in [-0.3, -0.25) is 4.79 Å². The molecule has 12 heavy (non-hydrogen) atoms. The van der Waals surface area contributed by atoms with E-state index in [1.54, 1.807) is 6.20 Å². The average molecular weight is 197 g/mol. The number of Topliss-reactive ketones (excluding diaryl/α,β-unsaturated/α-hetero) is 1. The molecule has 2 nitrogen and oxygen atoms in total. The molecule has 0 unspecified atom stereocenters. The lowest BCUT2D eigenvalue weighted by molar-refractivity contribution is -0.110. The second-order valence-corrected chi connectivity index (χ2v) is 3.81. The third-order valence-corrected chi connectivity index (χ3v) is 2.58. The molecule has 0 saturated heterocycles. The Labute approximate surface area is 80.4 Å². The van der Waals surface area contributed by atoms with E-state index in [0.717, 1.165) is 5.03 Å². The van der Waals surface area contributed by atoms with Crippen LogP contribution in [0.4, 0.5) is 0 Å². The van der Waals surface area contributed by atoms with Gasteiger partial charge in [-0.05, 0) is 12.1 Å². The molecule has 0 aromatic carbocycles. The number of hydrogen-bond donors (Lipinski definition) is 0. The van der Waals surface area contributed by atoms with Gasteiger partial charge in [0.2, 0.25) is 0 Å². The van der Waals surface area contributed by atoms with Gasteiger partial charge in [-0.25, -0.2) is 4.98 Å². The van der Waals surface area contributed by atoms with Crippen LogP contribution in [0.3, 0.4) is 0 Å². The molecule has 1 aromatic heterocycles. The van der Waals surface area contributed by atoms with Gasteiger partial charge in [0.25, 0.3) is 0 Å². The van der Waals surface area contributed by atoms with E-state index >= 15 is 0 Å². The van der Waals surface area contributed by atoms with E-state index < -0.39 is 0 Å². The van der Waals surface area contributed by atoms with E-state index in [0.29, 0.717) is 4.20 Å². The van der Waals surface area contributed by atoms with Crippen molar-refractivity contribution in [2.24, 2.45) is 0 Å². The van der Waals surface area contributed by atoms with Crippen LogP contribution in [0.15, 0.2) is 29.4 Å². The topological polar surface area (TPSA) is 30.0 Å². The Bertz CT molecular complexity index is 297. The minimum Gasteiger partial charge on any atom is -0.293 e. The van der Waals surface area contributed by atoms with Crippen LogP contribution in [0, 0.1) is 0 Å². The quantitative estimate of drug-likeness (QED) is 0.536. The molecule has 0 fully saturated rings. The summed E-state index contributed by atoms with van der Waals surface area (Å²) >= 11 is 6.06. The van der Waals surface area contributed by atoms with Crippen LogP contribution in [0.5, 0.6) is 0 Å². The van der Waals surface area contributed by atoms with Crippen LogP contribution in [-0.4, -0.2) is 15.0 Å². The van der Waals surface area contributed by atoms with Gasteiger partial charge in [0.05, 0.1) is 0 Å². The molecule has 1 aromatic rings. The number of ketones is 1. The standard InChI is InChI=1S/C8H7NOS2/c1-6(10)8(11)12-7-4-2-3-5-9-7/h2-5H,1H3. The highest BCUT2D eigenvalue weighted by Gasteiger charge is 2.04. The number of carbonyl (C=O) groups is 1. The molecule has 0 saturated carbocycles. The number of pyridine rings is 1. The summed E-state index contributed by atoms with van der Waals surface area (Å²) in [7, 11) is 0. The lowest BCUT2D eigenvalue weighted by Crippen LogP contribution is -2.01. The van der Waals surface area contributed by atoms with E-state index in [-0.39, 0.29) is 5.78 Å². The minimum atomic E-state index is -0.0827. The predicted octanol–water partition coefficient (Wildman–Crippen LogP) is 2.09. The SMILES string of the molecule is CC(=O)C(=S)Sc1ccccn1. The molecule has 1 rings (SSSR count). The molecule has 0 aliphatic rings. The first-order chi connectivity index (χ1) is 5.70. The zero-order valence-electron chi connectivity index (χ0n) is 6.48. The summed E-state index contributed by atoms with van der Waals surface area (Å²) in [6.45, 7) is 1.46. The third kappa shape index (κ3) is 2.71. The summed E-state index contributed by atoms with van der Waals surface area (Å²) in [6.07, 6.45) is 1.67. The molecular weight excluding hydrogens is 190 g/mol. The Hall–Kier alpha value is -0.740. The molecule has 0 aliphatic carbocycles. The summed E-state index contributed by atoms with van der Waals surface area (Å²) in [5.41, 5.74) is 0. The van der Waals surface area contributed by atoms with Crippen molar-refractivity contribution in [3.05, 3.63) is 24.4 Å². The summed E-state index contributed by atoms with van der Waals surface area (Å²) < 4.78 is 0.355. The van der Waals surface area contributed by atoms with Gasteiger partial charge in [-0.15, -0.1) is 0 Å². The molecule has 62 valence electrons. The monoisotopic (exact) mass is 197 g/mol. The first kappa shape index (κ1) is 9.35. The van der Waals surface area contributed by atoms with Crippen molar-refractivity contribution in [3.8, 4) is 0 Å². The van der Waals surface area contributed by atoms with E-state index in [4.69, 9.17) is 12.2 Å². The van der Waals surface area contributed by atoms with E-state index in [1.807, 2.05) is 18.2 Å². The van der Waals surface area contributed by atoms with Crippen LogP contribution in [0.2, 0.25) is 0 Å². The Morgan fingerprint density at radius 2 is 2.33 bits per heavy atom. The van der Waals surface area contributed by atoms with Gasteiger partial charge in [0, 0.05) is 13.1 Å². The Morgan fingerprint density at radius 1 is 1.58 bits per heavy atom. The second-order valence-electron chi connectivity index (χ2n) is 2.11. The highest BCUT2D eigenvalue weighted by molar-refractivity contribution is 8.25. The van der Waals surface area contributed by atoms with Crippen LogP contribution < -0.4 is 0 Å². The Kier molecular flexibility index (Phi) is 3.37. The smallest absolute Gasteiger partial charge is 0.177 e. The largest absolute Gasteiger partial charge is 0.293 e. The number of thiocarbonyl (C=S) groups is 1. The molecular formula is C8H7NOS2. The molecule has 0 radical (unpaired) electrons. The fourth-order valence-corrected chi connectivity index (χ4v) is 1.42. The number of hydrogen-bond acceptors (Lipinski definition) is 4. The Balaban J connectivity index is 2.65. The van der Waals surface area contributed by atoms with Crippen LogP contribution in [0.25, 0.3) is 0 Å². The highest BCUT2D eigenvalue weighted by atomic mass is 32.2. The normalized spacial score (nSPS) is 9.42. The first-order valence-corrected chi connectivity index (χ1v) is 4.56. The molecule has 0 atom stereocenters. The van der Waals surface area contributed by atoms with E-state index in [9.17, 15) is 4.79 Å². The lowest BCUT2D eigenvalue weighted by Gasteiger charge is -1.96. The first-order valence-electron chi connectivity index (χ1n) is 3.34. The van der Waals surface area contributed by atoms with Crippen molar-refractivity contribution < 1.29 is 4.79 Å². The minimum absolute atomic E-state index is 0.0827. The molecule has 0 N–H and O–H groups in total. The van der Waals surface area contributed by atoms with Crippen molar-refractivity contribution in [1.82, 2.24) is 4.98 Å². The summed E-state index contributed by atoms with van der Waals surface area (Å²) in [4.78, 5) is 14.8. The van der Waals surface area contributed by atoms with Crippen molar-refractivity contribution in [2.75, 3.05) is 0 Å². The molecule has 0 aliphatic heterocycles. The van der Waals surface area contributed by atoms with Crippen LogP contribution >= 0.6 is 24.0 Å². The molecule has 0 spiro atoms. The fraction of sp³-hybridized carbons (Fsp3) is 0.125. The maximum Gasteiger partial charge on any atom is 0.177 e. The summed E-state index contributed by atoms with van der Waals surface area (Å²) in [6, 6.07) is 5.50. The average Bonchev–Trinajstić information content (AvgIpc) is 2.06. The second kappa shape index (κ2) is 4.33. The van der Waals surface area contributed by atoms with Gasteiger partial charge >= 0.3 is 0 Å². The van der Waals surface area contributed by atoms with E-state index in [1.165, 1.54) is 18.7 Å². The van der Waals surface area contributed by atoms with Gasteiger partial charge in [0.15, 0.2) is 5.78 Å². The number of rotatable bonds is 2. The Morgan fingerprint density at radius 3 is 2.83 bits per heavy atom. The summed E-state index contributed by atoms with van der Waals surface area (Å²) in [5.74, 6) is -0.0827. The fourth-order valence-electron chi connectivity index (χ4n) is 0.574. The van der Waals surface area contributed by atoms with E-state index in [2.05, 4.69) is 4.98 Å². The molecule has 4 heteroatoms.